The molecule has 3 N–H and O–H groups in total. The number of hydrogen-bond acceptors (Lipinski definition) is 6. The van der Waals surface area contributed by atoms with Gasteiger partial charge in [-0.3, -0.25) is 0 Å². The minimum absolute atomic E-state index is 0.0232. The first-order valence-corrected chi connectivity index (χ1v) is 8.99. The summed E-state index contributed by atoms with van der Waals surface area (Å²) in [6.07, 6.45) is 1.22. The molecular formula is C12H18N2O4S2. The van der Waals surface area contributed by atoms with Crippen LogP contribution in [0.25, 0.3) is 0 Å². The maximum atomic E-state index is 11.0. The summed E-state index contributed by atoms with van der Waals surface area (Å²) in [6, 6.07) is 5.19. The first kappa shape index (κ1) is 16.6. The van der Waals surface area contributed by atoms with Crippen LogP contribution in [-0.2, 0) is 15.6 Å². The van der Waals surface area contributed by atoms with Crippen molar-refractivity contribution in [3.05, 3.63) is 29.3 Å². The van der Waals surface area contributed by atoms with Gasteiger partial charge in [0, 0.05) is 28.9 Å². The summed E-state index contributed by atoms with van der Waals surface area (Å²) in [5, 5.41) is 11.6. The smallest absolute Gasteiger partial charge is 0.170 e. The molecule has 0 aliphatic heterocycles. The normalized spacial score (nSPS) is 12.4. The van der Waals surface area contributed by atoms with Crippen LogP contribution in [0.5, 0.6) is 5.75 Å². The second-order valence-electron chi connectivity index (χ2n) is 4.19. The molecule has 0 amide bonds. The molecule has 1 aromatic carbocycles. The zero-order valence-electron chi connectivity index (χ0n) is 11.4. The second-order valence-corrected chi connectivity index (χ2v) is 7.56. The molecule has 8 heteroatoms. The van der Waals surface area contributed by atoms with Gasteiger partial charge in [0.25, 0.3) is 0 Å². The van der Waals surface area contributed by atoms with Gasteiger partial charge in [-0.05, 0) is 18.2 Å². The minimum atomic E-state index is -2.94. The van der Waals surface area contributed by atoms with Crippen molar-refractivity contribution in [2.45, 2.75) is 5.75 Å². The van der Waals surface area contributed by atoms with Crippen molar-refractivity contribution in [1.29, 1.82) is 0 Å². The molecule has 0 saturated heterocycles. The summed E-state index contributed by atoms with van der Waals surface area (Å²) in [5.41, 5.74) is 7.00. The average Bonchev–Trinajstić information content (AvgIpc) is 2.41. The standard InChI is InChI=1S/C12H18N2O4S2/c1-18-11-4-3-9(12(13)14-15)7-10(11)8-19-5-6-20(2,16)17/h3-4,7,15H,5-6,8H2,1-2H3,(H2,13,14). The Morgan fingerprint density at radius 2 is 2.20 bits per heavy atom. The Labute approximate surface area is 122 Å². The van der Waals surface area contributed by atoms with E-state index in [9.17, 15) is 8.42 Å². The fourth-order valence-corrected chi connectivity index (χ4v) is 3.77. The van der Waals surface area contributed by atoms with Crippen LogP contribution in [0.3, 0.4) is 0 Å². The fraction of sp³-hybridized carbons (Fsp3) is 0.417. The van der Waals surface area contributed by atoms with E-state index in [2.05, 4.69) is 5.16 Å². The Morgan fingerprint density at radius 3 is 2.75 bits per heavy atom. The predicted octanol–water partition coefficient (Wildman–Crippen LogP) is 1.07. The lowest BCUT2D eigenvalue weighted by Gasteiger charge is -2.10. The highest BCUT2D eigenvalue weighted by Gasteiger charge is 2.08. The van der Waals surface area contributed by atoms with E-state index in [1.54, 1.807) is 25.3 Å². The molecule has 0 aromatic heterocycles. The first-order chi connectivity index (χ1) is 9.37. The predicted molar refractivity (Wildman–Crippen MR) is 81.4 cm³/mol. The van der Waals surface area contributed by atoms with Crippen molar-refractivity contribution in [3.8, 4) is 5.75 Å². The quantitative estimate of drug-likeness (QED) is 0.256. The number of nitrogens with zero attached hydrogens (tertiary/aromatic N) is 1. The maximum absolute atomic E-state index is 11.0. The molecule has 20 heavy (non-hydrogen) atoms. The number of methoxy groups -OCH3 is 1. The van der Waals surface area contributed by atoms with Gasteiger partial charge in [0.2, 0.25) is 0 Å². The highest BCUT2D eigenvalue weighted by Crippen LogP contribution is 2.24. The summed E-state index contributed by atoms with van der Waals surface area (Å²) >= 11 is 1.49. The van der Waals surface area contributed by atoms with E-state index in [1.807, 2.05) is 0 Å². The van der Waals surface area contributed by atoms with Gasteiger partial charge in [-0.25, -0.2) is 8.42 Å². The van der Waals surface area contributed by atoms with Crippen molar-refractivity contribution in [2.75, 3.05) is 24.9 Å². The third-order valence-electron chi connectivity index (χ3n) is 2.54. The molecule has 0 spiro atoms. The number of amidine groups is 1. The minimum Gasteiger partial charge on any atom is -0.496 e. The summed E-state index contributed by atoms with van der Waals surface area (Å²) in [5.74, 6) is 1.95. The molecular weight excluding hydrogens is 300 g/mol. The van der Waals surface area contributed by atoms with Crippen LogP contribution in [0.4, 0.5) is 0 Å². The number of oxime groups is 1. The van der Waals surface area contributed by atoms with Gasteiger partial charge in [-0.1, -0.05) is 5.16 Å². The van der Waals surface area contributed by atoms with E-state index in [0.717, 1.165) is 5.56 Å². The highest BCUT2D eigenvalue weighted by atomic mass is 32.2. The molecule has 0 bridgehead atoms. The van der Waals surface area contributed by atoms with Gasteiger partial charge in [0.15, 0.2) is 5.84 Å². The Morgan fingerprint density at radius 1 is 1.50 bits per heavy atom. The van der Waals surface area contributed by atoms with Crippen molar-refractivity contribution >= 4 is 27.4 Å². The summed E-state index contributed by atoms with van der Waals surface area (Å²) in [4.78, 5) is 0. The average molecular weight is 318 g/mol. The van der Waals surface area contributed by atoms with Crippen LogP contribution < -0.4 is 10.5 Å². The summed E-state index contributed by atoms with van der Waals surface area (Å²) in [6.45, 7) is 0. The Kier molecular flexibility index (Phi) is 6.15. The van der Waals surface area contributed by atoms with Crippen molar-refractivity contribution in [2.24, 2.45) is 10.9 Å². The van der Waals surface area contributed by atoms with Crippen molar-refractivity contribution < 1.29 is 18.4 Å². The molecule has 112 valence electrons. The molecule has 0 saturated carbocycles. The van der Waals surface area contributed by atoms with Crippen LogP contribution in [0.1, 0.15) is 11.1 Å². The molecule has 1 rings (SSSR count). The third-order valence-corrected chi connectivity index (χ3v) is 4.75. The van der Waals surface area contributed by atoms with E-state index in [4.69, 9.17) is 15.7 Å². The largest absolute Gasteiger partial charge is 0.496 e. The first-order valence-electron chi connectivity index (χ1n) is 5.77. The number of ether oxygens (including phenoxy) is 1. The zero-order valence-corrected chi connectivity index (χ0v) is 13.0. The van der Waals surface area contributed by atoms with Crippen LogP contribution in [-0.4, -0.2) is 44.3 Å². The molecule has 0 heterocycles. The van der Waals surface area contributed by atoms with Gasteiger partial charge in [0.05, 0.1) is 12.9 Å². The summed E-state index contributed by atoms with van der Waals surface area (Å²) in [7, 11) is -1.39. The van der Waals surface area contributed by atoms with E-state index >= 15 is 0 Å². The number of rotatable bonds is 7. The summed E-state index contributed by atoms with van der Waals surface area (Å²) < 4.78 is 27.3. The molecule has 0 atom stereocenters. The van der Waals surface area contributed by atoms with Crippen molar-refractivity contribution in [3.63, 3.8) is 0 Å². The molecule has 0 radical (unpaired) electrons. The topological polar surface area (TPSA) is 102 Å². The Bertz CT molecular complexity index is 585. The SMILES string of the molecule is COc1ccc(/C(N)=N/O)cc1CSCCS(C)(=O)=O. The van der Waals surface area contributed by atoms with Crippen LogP contribution >= 0.6 is 11.8 Å². The van der Waals surface area contributed by atoms with Crippen LogP contribution in [0.2, 0.25) is 0 Å². The number of benzene rings is 1. The lowest BCUT2D eigenvalue weighted by Crippen LogP contribution is -2.13. The van der Waals surface area contributed by atoms with E-state index in [0.29, 0.717) is 22.8 Å². The number of nitrogens with two attached hydrogens (primary N) is 1. The number of hydrogen-bond donors (Lipinski definition) is 2. The van der Waals surface area contributed by atoms with Gasteiger partial charge >= 0.3 is 0 Å². The molecule has 1 aromatic rings. The molecule has 0 aliphatic rings. The van der Waals surface area contributed by atoms with Gasteiger partial charge in [-0.2, -0.15) is 11.8 Å². The monoisotopic (exact) mass is 318 g/mol. The van der Waals surface area contributed by atoms with E-state index < -0.39 is 9.84 Å². The van der Waals surface area contributed by atoms with Gasteiger partial charge in [-0.15, -0.1) is 0 Å². The van der Waals surface area contributed by atoms with E-state index in [1.165, 1.54) is 18.0 Å². The third kappa shape index (κ3) is 5.30. The van der Waals surface area contributed by atoms with Crippen molar-refractivity contribution in [1.82, 2.24) is 0 Å². The Hall–Kier alpha value is -1.41. The lowest BCUT2D eigenvalue weighted by molar-refractivity contribution is 0.318. The van der Waals surface area contributed by atoms with Gasteiger partial charge < -0.3 is 15.7 Å². The molecule has 6 nitrogen and oxygen atoms in total. The van der Waals surface area contributed by atoms with Crippen LogP contribution in [0, 0.1) is 0 Å². The molecule has 0 fully saturated rings. The molecule has 0 aliphatic carbocycles. The lowest BCUT2D eigenvalue weighted by atomic mass is 10.1. The maximum Gasteiger partial charge on any atom is 0.170 e. The second kappa shape index (κ2) is 7.39. The van der Waals surface area contributed by atoms with Gasteiger partial charge in [0.1, 0.15) is 15.6 Å². The number of sulfone groups is 1. The number of thioether (sulfide) groups is 1. The fourth-order valence-electron chi connectivity index (χ4n) is 1.50. The zero-order chi connectivity index (χ0) is 15.2. The van der Waals surface area contributed by atoms with E-state index in [-0.39, 0.29) is 11.6 Å². The van der Waals surface area contributed by atoms with Crippen LogP contribution in [0.15, 0.2) is 23.4 Å². The molecule has 0 unspecified atom stereocenters. The Balaban J connectivity index is 2.76. The highest BCUT2D eigenvalue weighted by molar-refractivity contribution is 7.99.